The highest BCUT2D eigenvalue weighted by atomic mass is 16.4. The van der Waals surface area contributed by atoms with Gasteiger partial charge in [0.2, 0.25) is 0 Å². The fourth-order valence-corrected chi connectivity index (χ4v) is 2.12. The molecule has 4 nitrogen and oxygen atoms in total. The monoisotopic (exact) mass is 309 g/mol. The van der Waals surface area contributed by atoms with E-state index in [1.165, 1.54) is 12.1 Å². The second-order valence-corrected chi connectivity index (χ2v) is 5.61. The van der Waals surface area contributed by atoms with Gasteiger partial charge >= 0.3 is 5.97 Å². The van der Waals surface area contributed by atoms with E-state index in [-0.39, 0.29) is 11.3 Å². The third kappa shape index (κ3) is 4.30. The number of hydrogen-bond acceptors (Lipinski definition) is 3. The molecule has 0 aliphatic carbocycles. The largest absolute Gasteiger partial charge is 0.478 e. The molecule has 0 atom stereocenters. The predicted molar refractivity (Wildman–Crippen MR) is 90.7 cm³/mol. The zero-order valence-corrected chi connectivity index (χ0v) is 13.4. The molecule has 118 valence electrons. The lowest BCUT2D eigenvalue weighted by atomic mass is 9.97. The van der Waals surface area contributed by atoms with Gasteiger partial charge in [-0.15, -0.1) is 0 Å². The molecule has 0 aliphatic rings. The number of carbonyl (C=O) groups excluding carboxylic acids is 1. The number of carboxylic acids is 1. The Labute approximate surface area is 135 Å². The predicted octanol–water partition coefficient (Wildman–Crippen LogP) is 3.62. The SMILES string of the molecule is Cc1ccc(-c2cc(C(=O)O)cc(C(=O)/C=C/N(C)C)c2)cc1. The third-order valence-corrected chi connectivity index (χ3v) is 3.37. The molecule has 0 radical (unpaired) electrons. The molecule has 0 aromatic heterocycles. The average molecular weight is 309 g/mol. The Morgan fingerprint density at radius 3 is 2.13 bits per heavy atom. The van der Waals surface area contributed by atoms with Crippen molar-refractivity contribution in [2.45, 2.75) is 6.92 Å². The first kappa shape index (κ1) is 16.5. The minimum absolute atomic E-state index is 0.102. The van der Waals surface area contributed by atoms with Crippen LogP contribution in [0.2, 0.25) is 0 Å². The van der Waals surface area contributed by atoms with Crippen molar-refractivity contribution >= 4 is 11.8 Å². The first-order valence-corrected chi connectivity index (χ1v) is 7.21. The molecular formula is C19H19NO3. The van der Waals surface area contributed by atoms with Crippen LogP contribution in [0, 0.1) is 6.92 Å². The van der Waals surface area contributed by atoms with Gasteiger partial charge in [-0.1, -0.05) is 29.8 Å². The van der Waals surface area contributed by atoms with Gasteiger partial charge in [0.05, 0.1) is 5.56 Å². The molecule has 2 aromatic carbocycles. The van der Waals surface area contributed by atoms with Gasteiger partial charge in [0.1, 0.15) is 0 Å². The Morgan fingerprint density at radius 2 is 1.57 bits per heavy atom. The number of carboxylic acid groups (broad SMARTS) is 1. The van der Waals surface area contributed by atoms with Crippen molar-refractivity contribution in [3.05, 3.63) is 71.4 Å². The molecular weight excluding hydrogens is 290 g/mol. The van der Waals surface area contributed by atoms with E-state index in [0.717, 1.165) is 11.1 Å². The Balaban J connectivity index is 2.49. The van der Waals surface area contributed by atoms with Crippen molar-refractivity contribution in [2.75, 3.05) is 14.1 Å². The van der Waals surface area contributed by atoms with E-state index in [4.69, 9.17) is 0 Å². The summed E-state index contributed by atoms with van der Waals surface area (Å²) in [6.45, 7) is 1.98. The zero-order chi connectivity index (χ0) is 17.0. The molecule has 1 N–H and O–H groups in total. The smallest absolute Gasteiger partial charge is 0.335 e. The van der Waals surface area contributed by atoms with Crippen LogP contribution >= 0.6 is 0 Å². The Hall–Kier alpha value is -2.88. The normalized spacial score (nSPS) is 10.7. The van der Waals surface area contributed by atoms with Crippen LogP contribution in [0.5, 0.6) is 0 Å². The topological polar surface area (TPSA) is 57.6 Å². The van der Waals surface area contributed by atoms with Crippen molar-refractivity contribution in [1.82, 2.24) is 4.90 Å². The molecule has 0 bridgehead atoms. The summed E-state index contributed by atoms with van der Waals surface area (Å²) >= 11 is 0. The lowest BCUT2D eigenvalue weighted by molar-refractivity contribution is 0.0697. The molecule has 0 heterocycles. The van der Waals surface area contributed by atoms with Crippen molar-refractivity contribution in [2.24, 2.45) is 0 Å². The molecule has 0 saturated heterocycles. The Morgan fingerprint density at radius 1 is 0.957 bits per heavy atom. The summed E-state index contributed by atoms with van der Waals surface area (Å²) in [5.41, 5.74) is 3.17. The highest BCUT2D eigenvalue weighted by Gasteiger charge is 2.12. The number of ketones is 1. The van der Waals surface area contributed by atoms with Gasteiger partial charge in [0, 0.05) is 31.9 Å². The van der Waals surface area contributed by atoms with Crippen molar-refractivity contribution in [3.63, 3.8) is 0 Å². The number of aryl methyl sites for hydroxylation is 1. The first-order chi connectivity index (χ1) is 10.9. The number of rotatable bonds is 5. The number of allylic oxidation sites excluding steroid dienone is 1. The number of benzene rings is 2. The van der Waals surface area contributed by atoms with Crippen LogP contribution in [0.25, 0.3) is 11.1 Å². The number of nitrogens with zero attached hydrogens (tertiary/aromatic N) is 1. The van der Waals surface area contributed by atoms with Gasteiger partial charge in [-0.25, -0.2) is 4.79 Å². The minimum Gasteiger partial charge on any atom is -0.478 e. The minimum atomic E-state index is -1.05. The Bertz CT molecular complexity index is 759. The van der Waals surface area contributed by atoms with Crippen LogP contribution in [-0.4, -0.2) is 35.9 Å². The maximum absolute atomic E-state index is 12.3. The molecule has 2 aromatic rings. The van der Waals surface area contributed by atoms with Crippen LogP contribution in [0.1, 0.15) is 26.3 Å². The van der Waals surface area contributed by atoms with Gasteiger partial charge in [-0.05, 0) is 36.2 Å². The van der Waals surface area contributed by atoms with E-state index in [2.05, 4.69) is 0 Å². The fourth-order valence-electron chi connectivity index (χ4n) is 2.12. The van der Waals surface area contributed by atoms with Crippen molar-refractivity contribution < 1.29 is 14.7 Å². The van der Waals surface area contributed by atoms with Crippen LogP contribution in [0.15, 0.2) is 54.7 Å². The molecule has 0 fully saturated rings. The average Bonchev–Trinajstić information content (AvgIpc) is 2.52. The summed E-state index contributed by atoms with van der Waals surface area (Å²) in [5.74, 6) is -1.28. The molecule has 0 spiro atoms. The molecule has 0 saturated carbocycles. The highest BCUT2D eigenvalue weighted by molar-refractivity contribution is 6.06. The second kappa shape index (κ2) is 6.92. The van der Waals surface area contributed by atoms with Gasteiger partial charge in [0.25, 0.3) is 0 Å². The van der Waals surface area contributed by atoms with E-state index in [9.17, 15) is 14.7 Å². The van der Waals surface area contributed by atoms with E-state index < -0.39 is 5.97 Å². The molecule has 23 heavy (non-hydrogen) atoms. The van der Waals surface area contributed by atoms with Gasteiger partial charge in [0.15, 0.2) is 5.78 Å². The zero-order valence-electron chi connectivity index (χ0n) is 13.4. The summed E-state index contributed by atoms with van der Waals surface area (Å²) in [6.07, 6.45) is 3.07. The van der Waals surface area contributed by atoms with E-state index in [1.54, 1.807) is 23.2 Å². The van der Waals surface area contributed by atoms with Crippen LogP contribution < -0.4 is 0 Å². The quantitative estimate of drug-likeness (QED) is 0.677. The maximum atomic E-state index is 12.3. The number of carbonyl (C=O) groups is 2. The second-order valence-electron chi connectivity index (χ2n) is 5.61. The van der Waals surface area contributed by atoms with Gasteiger partial charge in [-0.2, -0.15) is 0 Å². The van der Waals surface area contributed by atoms with Crippen LogP contribution in [0.4, 0.5) is 0 Å². The first-order valence-electron chi connectivity index (χ1n) is 7.21. The van der Waals surface area contributed by atoms with E-state index >= 15 is 0 Å². The number of hydrogen-bond donors (Lipinski definition) is 1. The molecule has 4 heteroatoms. The lowest BCUT2D eigenvalue weighted by Gasteiger charge is -2.08. The van der Waals surface area contributed by atoms with Crippen molar-refractivity contribution in [3.8, 4) is 11.1 Å². The third-order valence-electron chi connectivity index (χ3n) is 3.37. The van der Waals surface area contributed by atoms with Crippen LogP contribution in [0.3, 0.4) is 0 Å². The standard InChI is InChI=1S/C19H19NO3/c1-13-4-6-14(7-5-13)15-10-16(12-17(11-15)19(22)23)18(21)8-9-20(2)3/h4-12H,1-3H3,(H,22,23)/b9-8+. The number of aromatic carboxylic acids is 1. The Kier molecular flexibility index (Phi) is 4.96. The van der Waals surface area contributed by atoms with Crippen molar-refractivity contribution in [1.29, 1.82) is 0 Å². The lowest BCUT2D eigenvalue weighted by Crippen LogP contribution is -2.05. The summed E-state index contributed by atoms with van der Waals surface area (Å²) in [4.78, 5) is 25.3. The molecule has 0 unspecified atom stereocenters. The van der Waals surface area contributed by atoms with E-state index in [0.29, 0.717) is 11.1 Å². The summed E-state index contributed by atoms with van der Waals surface area (Å²) in [5, 5.41) is 9.29. The molecule has 0 amide bonds. The maximum Gasteiger partial charge on any atom is 0.335 e. The highest BCUT2D eigenvalue weighted by Crippen LogP contribution is 2.23. The van der Waals surface area contributed by atoms with Gasteiger partial charge in [-0.3, -0.25) is 4.79 Å². The van der Waals surface area contributed by atoms with E-state index in [1.807, 2.05) is 45.3 Å². The summed E-state index contributed by atoms with van der Waals surface area (Å²) < 4.78 is 0. The fraction of sp³-hybridized carbons (Fsp3) is 0.158. The summed E-state index contributed by atoms with van der Waals surface area (Å²) in [6, 6.07) is 12.5. The molecule has 0 aliphatic heterocycles. The molecule has 2 rings (SSSR count). The van der Waals surface area contributed by atoms with Gasteiger partial charge < -0.3 is 10.0 Å². The summed E-state index contributed by atoms with van der Waals surface area (Å²) in [7, 11) is 3.63. The van der Waals surface area contributed by atoms with Crippen LogP contribution in [-0.2, 0) is 0 Å².